The van der Waals surface area contributed by atoms with Crippen LogP contribution in [-0.2, 0) is 32.6 Å². The van der Waals surface area contributed by atoms with Crippen LogP contribution in [0.25, 0.3) is 0 Å². The molecule has 0 bridgehead atoms. The number of nitrogens with zero attached hydrogens (tertiary/aromatic N) is 1. The third-order valence-electron chi connectivity index (χ3n) is 5.37. The number of aryl methyl sites for hydroxylation is 1. The van der Waals surface area contributed by atoms with Gasteiger partial charge in [0.2, 0.25) is 10.0 Å². The molecule has 0 spiro atoms. The lowest BCUT2D eigenvalue weighted by molar-refractivity contribution is -0.144. The quantitative estimate of drug-likeness (QED) is 0.414. The Morgan fingerprint density at radius 3 is 2.27 bits per heavy atom. The van der Waals surface area contributed by atoms with Crippen LogP contribution in [0.2, 0.25) is 0 Å². The number of esters is 1. The summed E-state index contributed by atoms with van der Waals surface area (Å²) in [6, 6.07) is 23.0. The summed E-state index contributed by atoms with van der Waals surface area (Å²) in [5.41, 5.74) is 2.92. The van der Waals surface area contributed by atoms with Gasteiger partial charge in [-0.25, -0.2) is 8.42 Å². The van der Waals surface area contributed by atoms with Crippen molar-refractivity contribution in [2.24, 2.45) is 0 Å². The maximum absolute atomic E-state index is 13.3. The van der Waals surface area contributed by atoms with E-state index in [1.165, 1.54) is 18.3 Å². The van der Waals surface area contributed by atoms with Crippen molar-refractivity contribution in [2.75, 3.05) is 13.7 Å². The zero-order chi connectivity index (χ0) is 23.8. The number of methoxy groups -OCH3 is 1. The Morgan fingerprint density at radius 2 is 1.61 bits per heavy atom. The monoisotopic (exact) mass is 467 g/mol. The van der Waals surface area contributed by atoms with Gasteiger partial charge in [-0.1, -0.05) is 60.2 Å². The highest BCUT2D eigenvalue weighted by atomic mass is 32.2. The second-order valence-electron chi connectivity index (χ2n) is 7.80. The fourth-order valence-corrected chi connectivity index (χ4v) is 5.01. The first-order valence-electron chi connectivity index (χ1n) is 10.7. The van der Waals surface area contributed by atoms with E-state index < -0.39 is 22.0 Å². The molecule has 174 valence electrons. The highest BCUT2D eigenvalue weighted by Crippen LogP contribution is 2.22. The van der Waals surface area contributed by atoms with Crippen molar-refractivity contribution in [1.82, 2.24) is 4.31 Å². The minimum absolute atomic E-state index is 0.120. The topological polar surface area (TPSA) is 72.9 Å². The van der Waals surface area contributed by atoms with Crippen LogP contribution in [-0.4, -0.2) is 38.4 Å². The molecule has 0 fully saturated rings. The van der Waals surface area contributed by atoms with E-state index in [9.17, 15) is 13.2 Å². The van der Waals surface area contributed by atoms with Gasteiger partial charge in [0, 0.05) is 6.54 Å². The van der Waals surface area contributed by atoms with Crippen LogP contribution in [0.4, 0.5) is 0 Å². The molecule has 3 aromatic rings. The van der Waals surface area contributed by atoms with Gasteiger partial charge in [0.15, 0.2) is 0 Å². The first-order chi connectivity index (χ1) is 15.8. The number of rotatable bonds is 10. The van der Waals surface area contributed by atoms with Crippen LogP contribution in [0.5, 0.6) is 5.75 Å². The van der Waals surface area contributed by atoms with Gasteiger partial charge in [0.1, 0.15) is 18.4 Å². The smallest absolute Gasteiger partial charge is 0.323 e. The molecule has 33 heavy (non-hydrogen) atoms. The van der Waals surface area contributed by atoms with Crippen LogP contribution < -0.4 is 4.74 Å². The average Bonchev–Trinajstić information content (AvgIpc) is 2.83. The Labute approximate surface area is 195 Å². The number of carbonyl (C=O) groups excluding carboxylic acids is 1. The predicted octanol–water partition coefficient (Wildman–Crippen LogP) is 4.37. The Bertz CT molecular complexity index is 1160. The Hall–Kier alpha value is -3.16. The van der Waals surface area contributed by atoms with Crippen molar-refractivity contribution in [3.8, 4) is 5.75 Å². The highest BCUT2D eigenvalue weighted by molar-refractivity contribution is 7.89. The Balaban J connectivity index is 1.76. The average molecular weight is 468 g/mol. The van der Waals surface area contributed by atoms with Gasteiger partial charge in [0.25, 0.3) is 0 Å². The zero-order valence-corrected chi connectivity index (χ0v) is 19.9. The van der Waals surface area contributed by atoms with Crippen molar-refractivity contribution in [3.05, 3.63) is 95.6 Å². The van der Waals surface area contributed by atoms with Crippen molar-refractivity contribution in [2.45, 2.75) is 37.8 Å². The summed E-state index contributed by atoms with van der Waals surface area (Å²) in [5.74, 6) is 0.0935. The molecular formula is C26H29NO5S. The summed E-state index contributed by atoms with van der Waals surface area (Å²) in [6.45, 7) is 3.99. The number of carbonyl (C=O) groups is 1. The first-order valence-corrected chi connectivity index (χ1v) is 12.2. The molecule has 0 heterocycles. The van der Waals surface area contributed by atoms with Crippen molar-refractivity contribution >= 4 is 16.0 Å². The molecular weight excluding hydrogens is 438 g/mol. The molecule has 0 unspecified atom stereocenters. The molecule has 0 aliphatic carbocycles. The molecule has 0 saturated carbocycles. The maximum Gasteiger partial charge on any atom is 0.323 e. The third-order valence-corrected chi connectivity index (χ3v) is 7.35. The van der Waals surface area contributed by atoms with Crippen LogP contribution in [0.15, 0.2) is 83.8 Å². The molecule has 0 aromatic heterocycles. The molecule has 3 aromatic carbocycles. The second-order valence-corrected chi connectivity index (χ2v) is 9.69. The lowest BCUT2D eigenvalue weighted by atomic mass is 10.1. The number of ether oxygens (including phenoxy) is 2. The number of sulfonamides is 1. The molecule has 7 heteroatoms. The minimum Gasteiger partial charge on any atom is -0.489 e. The lowest BCUT2D eigenvalue weighted by Crippen LogP contribution is -2.44. The van der Waals surface area contributed by atoms with E-state index in [1.807, 2.05) is 61.5 Å². The number of benzene rings is 3. The third kappa shape index (κ3) is 6.43. The normalized spacial score (nSPS) is 12.4. The van der Waals surface area contributed by atoms with E-state index in [-0.39, 0.29) is 11.4 Å². The molecule has 3 rings (SSSR count). The van der Waals surface area contributed by atoms with Crippen LogP contribution in [0, 0.1) is 6.92 Å². The summed E-state index contributed by atoms with van der Waals surface area (Å²) in [7, 11) is -2.64. The van der Waals surface area contributed by atoms with Gasteiger partial charge in [-0.05, 0) is 55.7 Å². The van der Waals surface area contributed by atoms with E-state index in [2.05, 4.69) is 0 Å². The molecule has 0 amide bonds. The summed E-state index contributed by atoms with van der Waals surface area (Å²) >= 11 is 0. The first kappa shape index (κ1) is 24.5. The van der Waals surface area contributed by atoms with Crippen LogP contribution >= 0.6 is 0 Å². The summed E-state index contributed by atoms with van der Waals surface area (Å²) in [4.78, 5) is 12.4. The Morgan fingerprint density at radius 1 is 0.939 bits per heavy atom. The molecule has 6 nitrogen and oxygen atoms in total. The standard InChI is InChI=1S/C26H29NO5S/c1-20-12-14-25(15-13-20)33(29,30)27(21(2)26(28)31-3)17-16-22-10-7-11-24(18-22)32-19-23-8-5-4-6-9-23/h4-15,18,21H,16-17,19H2,1-3H3/t21-/m0/s1. The summed E-state index contributed by atoms with van der Waals surface area (Å²) < 4.78 is 38.6. The fraction of sp³-hybridized carbons (Fsp3) is 0.269. The van der Waals surface area contributed by atoms with E-state index in [4.69, 9.17) is 9.47 Å². The van der Waals surface area contributed by atoms with Crippen LogP contribution in [0.3, 0.4) is 0 Å². The fourth-order valence-electron chi connectivity index (χ4n) is 3.43. The van der Waals surface area contributed by atoms with Gasteiger partial charge in [-0.2, -0.15) is 4.31 Å². The van der Waals surface area contributed by atoms with Gasteiger partial charge in [-0.15, -0.1) is 0 Å². The summed E-state index contributed by atoms with van der Waals surface area (Å²) in [5, 5.41) is 0. The molecule has 0 saturated heterocycles. The van der Waals surface area contributed by atoms with E-state index >= 15 is 0 Å². The minimum atomic E-state index is -3.90. The number of hydrogen-bond acceptors (Lipinski definition) is 5. The van der Waals surface area contributed by atoms with Crippen molar-refractivity contribution < 1.29 is 22.7 Å². The van der Waals surface area contributed by atoms with Gasteiger partial charge >= 0.3 is 5.97 Å². The van der Waals surface area contributed by atoms with E-state index in [1.54, 1.807) is 24.3 Å². The van der Waals surface area contributed by atoms with Crippen molar-refractivity contribution in [3.63, 3.8) is 0 Å². The zero-order valence-electron chi connectivity index (χ0n) is 19.1. The lowest BCUT2D eigenvalue weighted by Gasteiger charge is -2.27. The van der Waals surface area contributed by atoms with E-state index in [0.717, 1.165) is 16.7 Å². The summed E-state index contributed by atoms with van der Waals surface area (Å²) in [6.07, 6.45) is 0.412. The largest absolute Gasteiger partial charge is 0.489 e. The van der Waals surface area contributed by atoms with Crippen LogP contribution in [0.1, 0.15) is 23.6 Å². The Kier molecular flexibility index (Phi) is 8.25. The molecule has 0 aliphatic rings. The van der Waals surface area contributed by atoms with E-state index in [0.29, 0.717) is 18.8 Å². The van der Waals surface area contributed by atoms with Gasteiger partial charge in [0.05, 0.1) is 12.0 Å². The molecule has 0 N–H and O–H groups in total. The predicted molar refractivity (Wildman–Crippen MR) is 127 cm³/mol. The maximum atomic E-state index is 13.3. The molecule has 0 radical (unpaired) electrons. The molecule has 0 aliphatic heterocycles. The molecule has 1 atom stereocenters. The number of hydrogen-bond donors (Lipinski definition) is 0. The van der Waals surface area contributed by atoms with Gasteiger partial charge < -0.3 is 9.47 Å². The van der Waals surface area contributed by atoms with Gasteiger partial charge in [-0.3, -0.25) is 4.79 Å². The second kappa shape index (κ2) is 11.1. The van der Waals surface area contributed by atoms with Crippen molar-refractivity contribution in [1.29, 1.82) is 0 Å². The SMILES string of the molecule is COC(=O)[C@H](C)N(CCc1cccc(OCc2ccccc2)c1)S(=O)(=O)c1ccc(C)cc1. The highest BCUT2D eigenvalue weighted by Gasteiger charge is 2.33.